The lowest BCUT2D eigenvalue weighted by Crippen LogP contribution is -2.24. The van der Waals surface area contributed by atoms with Crippen LogP contribution in [0.4, 0.5) is 0 Å². The van der Waals surface area contributed by atoms with Gasteiger partial charge in [0.25, 0.3) is 5.91 Å². The molecule has 0 spiro atoms. The monoisotopic (exact) mass is 496 g/mol. The third kappa shape index (κ3) is 6.68. The number of aryl methyl sites for hydroxylation is 1. The van der Waals surface area contributed by atoms with Gasteiger partial charge in [0.15, 0.2) is 18.1 Å². The molecule has 0 aliphatic rings. The van der Waals surface area contributed by atoms with Gasteiger partial charge in [-0.05, 0) is 66.6 Å². The highest BCUT2D eigenvalue weighted by Gasteiger charge is 2.13. The quantitative estimate of drug-likeness (QED) is 0.214. The minimum absolute atomic E-state index is 0.158. The summed E-state index contributed by atoms with van der Waals surface area (Å²) < 4.78 is 17.0. The number of halogens is 1. The maximum absolute atomic E-state index is 12.4. The number of carbonyl (C=O) groups is 2. The Bertz CT molecular complexity index is 1150. The molecule has 0 saturated carbocycles. The van der Waals surface area contributed by atoms with Gasteiger partial charge in [0, 0.05) is 4.47 Å². The standard InChI is InChI=1S/C24H21BrN2O5/c1-16-5-3-8-20(11-16)31-15-23(28)27-26-14-17-9-10-21(22(12-17)30-2)32-24(29)18-6-4-7-19(25)13-18/h3-14H,15H2,1-2H3,(H,27,28)/b26-14-. The van der Waals surface area contributed by atoms with Gasteiger partial charge in [-0.1, -0.05) is 34.1 Å². The van der Waals surface area contributed by atoms with Crippen molar-refractivity contribution < 1.29 is 23.8 Å². The van der Waals surface area contributed by atoms with Crippen molar-refractivity contribution >= 4 is 34.0 Å². The fraction of sp³-hybridized carbons (Fsp3) is 0.125. The number of methoxy groups -OCH3 is 1. The largest absolute Gasteiger partial charge is 0.493 e. The van der Waals surface area contributed by atoms with Crippen LogP contribution >= 0.6 is 15.9 Å². The van der Waals surface area contributed by atoms with Gasteiger partial charge in [-0.15, -0.1) is 0 Å². The summed E-state index contributed by atoms with van der Waals surface area (Å²) in [6.07, 6.45) is 1.45. The number of benzene rings is 3. The van der Waals surface area contributed by atoms with Crippen LogP contribution in [0.5, 0.6) is 17.2 Å². The van der Waals surface area contributed by atoms with Gasteiger partial charge in [-0.2, -0.15) is 5.10 Å². The molecule has 3 aromatic rings. The van der Waals surface area contributed by atoms with Crippen LogP contribution in [0.3, 0.4) is 0 Å². The number of nitrogens with zero attached hydrogens (tertiary/aromatic N) is 1. The van der Waals surface area contributed by atoms with Crippen LogP contribution < -0.4 is 19.6 Å². The van der Waals surface area contributed by atoms with Crippen LogP contribution in [0.15, 0.2) is 76.3 Å². The van der Waals surface area contributed by atoms with Gasteiger partial charge < -0.3 is 14.2 Å². The molecule has 0 radical (unpaired) electrons. The Kier molecular flexibility index (Phi) is 7.99. The molecule has 0 aliphatic carbocycles. The molecule has 0 atom stereocenters. The summed E-state index contributed by atoms with van der Waals surface area (Å²) in [6, 6.07) is 19.2. The lowest BCUT2D eigenvalue weighted by molar-refractivity contribution is -0.123. The SMILES string of the molecule is COc1cc(/C=N\NC(=O)COc2cccc(C)c2)ccc1OC(=O)c1cccc(Br)c1. The number of rotatable bonds is 8. The van der Waals surface area contributed by atoms with E-state index in [-0.39, 0.29) is 12.4 Å². The van der Waals surface area contributed by atoms with Crippen molar-refractivity contribution in [1.29, 1.82) is 0 Å². The molecule has 0 fully saturated rings. The Labute approximate surface area is 194 Å². The van der Waals surface area contributed by atoms with Gasteiger partial charge in [0.2, 0.25) is 0 Å². The van der Waals surface area contributed by atoms with E-state index in [2.05, 4.69) is 26.5 Å². The fourth-order valence-corrected chi connectivity index (χ4v) is 3.09. The van der Waals surface area contributed by atoms with E-state index in [0.717, 1.165) is 10.0 Å². The maximum atomic E-state index is 12.4. The first kappa shape index (κ1) is 23.0. The first-order valence-electron chi connectivity index (χ1n) is 9.62. The molecule has 1 N–H and O–H groups in total. The van der Waals surface area contributed by atoms with E-state index in [1.165, 1.54) is 13.3 Å². The van der Waals surface area contributed by atoms with E-state index in [9.17, 15) is 9.59 Å². The van der Waals surface area contributed by atoms with E-state index in [0.29, 0.717) is 22.6 Å². The number of ether oxygens (including phenoxy) is 3. The van der Waals surface area contributed by atoms with Crippen molar-refractivity contribution in [2.45, 2.75) is 6.92 Å². The second-order valence-corrected chi connectivity index (χ2v) is 7.62. The summed E-state index contributed by atoms with van der Waals surface area (Å²) in [7, 11) is 1.47. The van der Waals surface area contributed by atoms with Gasteiger partial charge in [-0.25, -0.2) is 10.2 Å². The Balaban J connectivity index is 1.57. The van der Waals surface area contributed by atoms with Crippen LogP contribution in [0.1, 0.15) is 21.5 Å². The minimum Gasteiger partial charge on any atom is -0.493 e. The summed E-state index contributed by atoms with van der Waals surface area (Å²) >= 11 is 3.33. The molecular formula is C24H21BrN2O5. The highest BCUT2D eigenvalue weighted by Crippen LogP contribution is 2.28. The Morgan fingerprint density at radius 2 is 1.84 bits per heavy atom. The third-order valence-electron chi connectivity index (χ3n) is 4.21. The topological polar surface area (TPSA) is 86.2 Å². The van der Waals surface area contributed by atoms with Crippen LogP contribution in [0.2, 0.25) is 0 Å². The van der Waals surface area contributed by atoms with Crippen molar-refractivity contribution in [1.82, 2.24) is 5.43 Å². The van der Waals surface area contributed by atoms with Crippen LogP contribution in [-0.4, -0.2) is 31.8 Å². The van der Waals surface area contributed by atoms with Gasteiger partial charge in [-0.3, -0.25) is 4.79 Å². The first-order chi connectivity index (χ1) is 15.4. The molecule has 0 aromatic heterocycles. The molecule has 7 nitrogen and oxygen atoms in total. The second kappa shape index (κ2) is 11.1. The molecular weight excluding hydrogens is 476 g/mol. The summed E-state index contributed by atoms with van der Waals surface area (Å²) in [5.41, 5.74) is 4.49. The number of esters is 1. The van der Waals surface area contributed by atoms with E-state index in [1.54, 1.807) is 42.5 Å². The smallest absolute Gasteiger partial charge is 0.343 e. The highest BCUT2D eigenvalue weighted by molar-refractivity contribution is 9.10. The van der Waals surface area contributed by atoms with Crippen LogP contribution in [0, 0.1) is 6.92 Å². The zero-order chi connectivity index (χ0) is 22.9. The lowest BCUT2D eigenvalue weighted by Gasteiger charge is -2.10. The fourth-order valence-electron chi connectivity index (χ4n) is 2.69. The van der Waals surface area contributed by atoms with Gasteiger partial charge >= 0.3 is 5.97 Å². The van der Waals surface area contributed by atoms with Crippen LogP contribution in [-0.2, 0) is 4.79 Å². The van der Waals surface area contributed by atoms with E-state index in [4.69, 9.17) is 14.2 Å². The Morgan fingerprint density at radius 1 is 1.03 bits per heavy atom. The highest BCUT2D eigenvalue weighted by atomic mass is 79.9. The molecule has 0 saturated heterocycles. The normalized spacial score (nSPS) is 10.6. The van der Waals surface area contributed by atoms with Crippen LogP contribution in [0.25, 0.3) is 0 Å². The third-order valence-corrected chi connectivity index (χ3v) is 4.71. The van der Waals surface area contributed by atoms with Gasteiger partial charge in [0.1, 0.15) is 5.75 Å². The lowest BCUT2D eigenvalue weighted by atomic mass is 10.2. The number of nitrogens with one attached hydrogen (secondary N) is 1. The van der Waals surface area contributed by atoms with E-state index < -0.39 is 11.9 Å². The van der Waals surface area contributed by atoms with E-state index >= 15 is 0 Å². The van der Waals surface area contributed by atoms with Gasteiger partial charge in [0.05, 0.1) is 18.9 Å². The van der Waals surface area contributed by atoms with Crippen molar-refractivity contribution in [3.8, 4) is 17.2 Å². The minimum atomic E-state index is -0.508. The molecule has 164 valence electrons. The summed E-state index contributed by atoms with van der Waals surface area (Å²) in [4.78, 5) is 24.3. The molecule has 0 heterocycles. The average Bonchev–Trinajstić information content (AvgIpc) is 2.78. The molecule has 32 heavy (non-hydrogen) atoms. The molecule has 1 amide bonds. The molecule has 3 aromatic carbocycles. The van der Waals surface area contributed by atoms with E-state index in [1.807, 2.05) is 31.2 Å². The van der Waals surface area contributed by atoms with Crippen molar-refractivity contribution in [2.24, 2.45) is 5.10 Å². The number of hydrazone groups is 1. The summed E-state index contributed by atoms with van der Waals surface area (Å²) in [5, 5.41) is 3.92. The predicted octanol–water partition coefficient (Wildman–Crippen LogP) is 4.51. The molecule has 0 unspecified atom stereocenters. The number of carbonyl (C=O) groups excluding carboxylic acids is 2. The molecule has 0 bridgehead atoms. The molecule has 0 aliphatic heterocycles. The van der Waals surface area contributed by atoms with Crippen molar-refractivity contribution in [3.63, 3.8) is 0 Å². The summed E-state index contributed by atoms with van der Waals surface area (Å²) in [5.74, 6) is 0.333. The summed E-state index contributed by atoms with van der Waals surface area (Å²) in [6.45, 7) is 1.78. The Morgan fingerprint density at radius 3 is 2.59 bits per heavy atom. The molecule has 8 heteroatoms. The number of hydrogen-bond acceptors (Lipinski definition) is 6. The zero-order valence-electron chi connectivity index (χ0n) is 17.5. The predicted molar refractivity (Wildman–Crippen MR) is 125 cm³/mol. The second-order valence-electron chi connectivity index (χ2n) is 6.71. The molecule has 3 rings (SSSR count). The first-order valence-corrected chi connectivity index (χ1v) is 10.4. The van der Waals surface area contributed by atoms with Crippen molar-refractivity contribution in [3.05, 3.63) is 87.9 Å². The average molecular weight is 497 g/mol. The number of hydrogen-bond donors (Lipinski definition) is 1. The number of amides is 1. The van der Waals surface area contributed by atoms with Crippen molar-refractivity contribution in [2.75, 3.05) is 13.7 Å². The maximum Gasteiger partial charge on any atom is 0.343 e. The Hall–Kier alpha value is -3.65. The zero-order valence-corrected chi connectivity index (χ0v) is 19.1.